The fraction of sp³-hybridized carbons (Fsp3) is 0.211. The summed E-state index contributed by atoms with van der Waals surface area (Å²) in [5.74, 6) is -0.326. The molecule has 0 radical (unpaired) electrons. The average Bonchev–Trinajstić information content (AvgIpc) is 3.13. The summed E-state index contributed by atoms with van der Waals surface area (Å²) in [7, 11) is -4.18. The molecule has 156 valence electrons. The maximum absolute atomic E-state index is 13.2. The number of primary sulfonamides is 1. The van der Waals surface area contributed by atoms with Gasteiger partial charge >= 0.3 is 0 Å². The van der Waals surface area contributed by atoms with Crippen LogP contribution in [-0.4, -0.2) is 18.3 Å². The first-order chi connectivity index (χ1) is 14.2. The third kappa shape index (κ3) is 4.04. The number of anilines is 1. The number of halogens is 1. The van der Waals surface area contributed by atoms with Crippen molar-refractivity contribution in [3.8, 4) is 10.6 Å². The molecule has 4 rings (SSSR count). The van der Waals surface area contributed by atoms with E-state index in [-0.39, 0.29) is 28.1 Å². The van der Waals surface area contributed by atoms with E-state index < -0.39 is 14.9 Å². The summed E-state index contributed by atoms with van der Waals surface area (Å²) in [5, 5.41) is 20.2. The van der Waals surface area contributed by atoms with Crippen molar-refractivity contribution in [1.29, 1.82) is 0 Å². The summed E-state index contributed by atoms with van der Waals surface area (Å²) in [5.41, 5.74) is 1.43. The van der Waals surface area contributed by atoms with Crippen molar-refractivity contribution < 1.29 is 17.7 Å². The number of benzene rings is 2. The topological polar surface area (TPSA) is 128 Å². The zero-order chi connectivity index (χ0) is 21.5. The Labute approximate surface area is 175 Å². The summed E-state index contributed by atoms with van der Waals surface area (Å²) < 4.78 is 37.2. The third-order valence-corrected chi connectivity index (χ3v) is 6.99. The molecule has 1 aliphatic rings. The molecule has 0 saturated heterocycles. The molecule has 11 heteroatoms. The number of hydrogen-bond donors (Lipinski definition) is 2. The van der Waals surface area contributed by atoms with Crippen molar-refractivity contribution in [3.05, 3.63) is 69.0 Å². The number of aryl methyl sites for hydroxylation is 1. The number of fused-ring (bicyclic) bond motifs is 1. The molecule has 0 spiro atoms. The van der Waals surface area contributed by atoms with Crippen LogP contribution < -0.4 is 10.5 Å². The summed E-state index contributed by atoms with van der Waals surface area (Å²) in [6.45, 7) is 0. The first kappa shape index (κ1) is 20.4. The lowest BCUT2D eigenvalue weighted by atomic mass is 9.97. The van der Waals surface area contributed by atoms with Gasteiger partial charge in [0.2, 0.25) is 10.0 Å². The lowest BCUT2D eigenvalue weighted by Gasteiger charge is -2.24. The van der Waals surface area contributed by atoms with Gasteiger partial charge in [-0.2, -0.15) is 0 Å². The van der Waals surface area contributed by atoms with Crippen LogP contribution in [0.5, 0.6) is 0 Å². The van der Waals surface area contributed by atoms with Gasteiger partial charge < -0.3 is 5.32 Å². The van der Waals surface area contributed by atoms with E-state index in [0.717, 1.165) is 40.1 Å². The molecule has 1 atom stereocenters. The molecule has 0 saturated carbocycles. The van der Waals surface area contributed by atoms with Crippen LogP contribution in [-0.2, 0) is 16.4 Å². The number of sulfonamides is 1. The van der Waals surface area contributed by atoms with E-state index in [4.69, 9.17) is 10.1 Å². The van der Waals surface area contributed by atoms with E-state index in [0.29, 0.717) is 6.42 Å². The summed E-state index contributed by atoms with van der Waals surface area (Å²) in [6.07, 6.45) is 2.42. The molecular weight excluding hydrogens is 431 g/mol. The van der Waals surface area contributed by atoms with Crippen molar-refractivity contribution in [2.24, 2.45) is 5.14 Å². The smallest absolute Gasteiger partial charge is 0.270 e. The number of thiazole rings is 1. The Morgan fingerprint density at radius 2 is 1.97 bits per heavy atom. The monoisotopic (exact) mass is 448 g/mol. The SMILES string of the molecule is NS(=O)(=O)c1cc([N+](=O)[O-])ccc1NC1CCCc2sc(-c3ccc(F)cc3)nc21. The highest BCUT2D eigenvalue weighted by Crippen LogP contribution is 2.39. The lowest BCUT2D eigenvalue weighted by Crippen LogP contribution is -2.20. The maximum atomic E-state index is 13.2. The average molecular weight is 449 g/mol. The molecule has 0 amide bonds. The van der Waals surface area contributed by atoms with Gasteiger partial charge in [0, 0.05) is 22.6 Å². The van der Waals surface area contributed by atoms with Gasteiger partial charge in [-0.15, -0.1) is 11.3 Å². The fourth-order valence-electron chi connectivity index (χ4n) is 3.44. The molecule has 0 aliphatic heterocycles. The highest BCUT2D eigenvalue weighted by Gasteiger charge is 2.27. The number of non-ortho nitro benzene ring substituents is 1. The summed E-state index contributed by atoms with van der Waals surface area (Å²) in [4.78, 5) is 15.8. The van der Waals surface area contributed by atoms with Gasteiger partial charge in [-0.25, -0.2) is 22.9 Å². The minimum Gasteiger partial charge on any atom is -0.376 e. The number of nitrogens with one attached hydrogen (secondary N) is 1. The van der Waals surface area contributed by atoms with Crippen LogP contribution in [0.1, 0.15) is 29.5 Å². The van der Waals surface area contributed by atoms with Crippen LogP contribution in [0, 0.1) is 15.9 Å². The molecular formula is C19H17FN4O4S2. The molecule has 1 heterocycles. The summed E-state index contributed by atoms with van der Waals surface area (Å²) in [6, 6.07) is 9.33. The van der Waals surface area contributed by atoms with E-state index in [1.807, 2.05) is 0 Å². The van der Waals surface area contributed by atoms with Crippen LogP contribution in [0.3, 0.4) is 0 Å². The third-order valence-electron chi connectivity index (χ3n) is 4.86. The first-order valence-electron chi connectivity index (χ1n) is 9.05. The predicted molar refractivity (Wildman–Crippen MR) is 111 cm³/mol. The minimum atomic E-state index is -4.18. The summed E-state index contributed by atoms with van der Waals surface area (Å²) >= 11 is 1.52. The predicted octanol–water partition coefficient (Wildman–Crippen LogP) is 3.99. The fourth-order valence-corrected chi connectivity index (χ4v) is 5.33. The first-order valence-corrected chi connectivity index (χ1v) is 11.4. The number of rotatable bonds is 5. The lowest BCUT2D eigenvalue weighted by molar-refractivity contribution is -0.385. The Morgan fingerprint density at radius 1 is 1.23 bits per heavy atom. The Kier molecular flexibility index (Phi) is 5.26. The largest absolute Gasteiger partial charge is 0.376 e. The molecule has 0 bridgehead atoms. The Hall–Kier alpha value is -2.89. The van der Waals surface area contributed by atoms with E-state index in [1.54, 1.807) is 12.1 Å². The zero-order valence-electron chi connectivity index (χ0n) is 15.5. The molecule has 30 heavy (non-hydrogen) atoms. The molecule has 1 aromatic heterocycles. The van der Waals surface area contributed by atoms with Gasteiger partial charge in [-0.3, -0.25) is 10.1 Å². The number of nitrogens with zero attached hydrogens (tertiary/aromatic N) is 2. The quantitative estimate of drug-likeness (QED) is 0.449. The molecule has 1 unspecified atom stereocenters. The molecule has 8 nitrogen and oxygen atoms in total. The van der Waals surface area contributed by atoms with Gasteiger partial charge in [0.05, 0.1) is 22.3 Å². The highest BCUT2D eigenvalue weighted by atomic mass is 32.2. The standard InChI is InChI=1S/C19H17FN4O4S2/c20-12-6-4-11(5-7-12)19-23-18-15(2-1-3-16(18)29-19)22-14-9-8-13(24(25)26)10-17(14)30(21,27)28/h4-10,15,22H,1-3H2,(H2,21,27,28). The minimum absolute atomic E-state index is 0.192. The van der Waals surface area contributed by atoms with Crippen molar-refractivity contribution >= 4 is 32.7 Å². The van der Waals surface area contributed by atoms with Crippen molar-refractivity contribution in [3.63, 3.8) is 0 Å². The normalized spacial score (nSPS) is 16.1. The molecule has 0 fully saturated rings. The number of nitro groups is 1. The molecule has 3 N–H and O–H groups in total. The number of aromatic nitrogens is 1. The van der Waals surface area contributed by atoms with Gasteiger partial charge in [0.15, 0.2) is 0 Å². The van der Waals surface area contributed by atoms with Crippen LogP contribution in [0.2, 0.25) is 0 Å². The van der Waals surface area contributed by atoms with Crippen LogP contribution in [0.25, 0.3) is 10.6 Å². The van der Waals surface area contributed by atoms with E-state index in [1.165, 1.54) is 35.6 Å². The highest BCUT2D eigenvalue weighted by molar-refractivity contribution is 7.89. The Bertz CT molecular complexity index is 1230. The van der Waals surface area contributed by atoms with Gasteiger partial charge in [-0.05, 0) is 49.6 Å². The molecule has 2 aromatic carbocycles. The zero-order valence-corrected chi connectivity index (χ0v) is 17.2. The Morgan fingerprint density at radius 3 is 2.63 bits per heavy atom. The van der Waals surface area contributed by atoms with Crippen molar-refractivity contribution in [2.75, 3.05) is 5.32 Å². The maximum Gasteiger partial charge on any atom is 0.270 e. The van der Waals surface area contributed by atoms with E-state index in [9.17, 15) is 22.9 Å². The van der Waals surface area contributed by atoms with Crippen molar-refractivity contribution in [2.45, 2.75) is 30.2 Å². The second kappa shape index (κ2) is 7.74. The second-order valence-electron chi connectivity index (χ2n) is 6.91. The van der Waals surface area contributed by atoms with Crippen LogP contribution in [0.15, 0.2) is 47.4 Å². The molecule has 3 aromatic rings. The van der Waals surface area contributed by atoms with Crippen LogP contribution in [0.4, 0.5) is 15.8 Å². The number of hydrogen-bond acceptors (Lipinski definition) is 7. The number of nitrogens with two attached hydrogens (primary N) is 1. The van der Waals surface area contributed by atoms with E-state index >= 15 is 0 Å². The van der Waals surface area contributed by atoms with Gasteiger partial charge in [0.1, 0.15) is 15.7 Å². The van der Waals surface area contributed by atoms with E-state index in [2.05, 4.69) is 5.32 Å². The Balaban J connectivity index is 1.69. The van der Waals surface area contributed by atoms with Gasteiger partial charge in [0.25, 0.3) is 5.69 Å². The van der Waals surface area contributed by atoms with Crippen molar-refractivity contribution in [1.82, 2.24) is 4.98 Å². The number of nitro benzene ring substituents is 1. The second-order valence-corrected chi connectivity index (χ2v) is 9.52. The molecule has 1 aliphatic carbocycles. The van der Waals surface area contributed by atoms with Crippen LogP contribution >= 0.6 is 11.3 Å². The van der Waals surface area contributed by atoms with Gasteiger partial charge in [-0.1, -0.05) is 0 Å².